The average Bonchev–Trinajstić information content (AvgIpc) is 3.41. The highest BCUT2D eigenvalue weighted by molar-refractivity contribution is 7.91. The predicted octanol–water partition coefficient (Wildman–Crippen LogP) is 9.55. The highest BCUT2D eigenvalue weighted by Crippen LogP contribution is 2.45. The Bertz CT molecular complexity index is 2380. The third-order valence-electron chi connectivity index (χ3n) is 7.87. The van der Waals surface area contributed by atoms with Crippen molar-refractivity contribution >= 4 is 64.1 Å². The fourth-order valence-electron chi connectivity index (χ4n) is 6.05. The molecule has 0 atom stereocenters. The van der Waals surface area contributed by atoms with Crippen LogP contribution in [0.3, 0.4) is 0 Å². The molecule has 4 heteroatoms. The minimum Gasteiger partial charge on any atom is -0.455 e. The number of furan rings is 1. The molecule has 0 spiro atoms. The molecule has 0 N–H and O–H groups in total. The normalized spacial score (nSPS) is 12.2. The predicted molar refractivity (Wildman–Crippen MR) is 164 cm³/mol. The Kier molecular flexibility index (Phi) is 4.91. The van der Waals surface area contributed by atoms with Crippen molar-refractivity contribution in [1.29, 1.82) is 0 Å². The van der Waals surface area contributed by atoms with Crippen molar-refractivity contribution in [3.8, 4) is 11.1 Å². The van der Waals surface area contributed by atoms with Crippen molar-refractivity contribution < 1.29 is 12.8 Å². The van der Waals surface area contributed by atoms with Gasteiger partial charge in [0, 0.05) is 21.7 Å². The van der Waals surface area contributed by atoms with Gasteiger partial charge in [-0.25, -0.2) is 8.42 Å². The molecule has 0 saturated carbocycles. The number of hydrogen-bond donors (Lipinski definition) is 0. The van der Waals surface area contributed by atoms with E-state index in [2.05, 4.69) is 54.6 Å². The summed E-state index contributed by atoms with van der Waals surface area (Å²) >= 11 is 0. The number of benzene rings is 7. The zero-order valence-electron chi connectivity index (χ0n) is 21.3. The summed E-state index contributed by atoms with van der Waals surface area (Å²) in [6, 6.07) is 43.1. The number of rotatable bonds is 3. The quantitative estimate of drug-likeness (QED) is 0.227. The first-order chi connectivity index (χ1) is 19.6. The van der Waals surface area contributed by atoms with Crippen LogP contribution in [-0.4, -0.2) is 8.42 Å². The van der Waals surface area contributed by atoms with Crippen molar-refractivity contribution in [2.75, 3.05) is 0 Å². The molecule has 0 fully saturated rings. The van der Waals surface area contributed by atoms with Gasteiger partial charge in [0.25, 0.3) is 0 Å². The Balaban J connectivity index is 1.50. The van der Waals surface area contributed by atoms with Crippen molar-refractivity contribution in [3.63, 3.8) is 0 Å². The van der Waals surface area contributed by atoms with Gasteiger partial charge in [0.1, 0.15) is 11.2 Å². The van der Waals surface area contributed by atoms with E-state index in [-0.39, 0.29) is 4.90 Å². The average molecular weight is 535 g/mol. The Labute approximate surface area is 230 Å². The van der Waals surface area contributed by atoms with Crippen LogP contribution in [0, 0.1) is 0 Å². The van der Waals surface area contributed by atoms with E-state index in [4.69, 9.17) is 4.42 Å². The summed E-state index contributed by atoms with van der Waals surface area (Å²) in [7, 11) is -3.71. The molecule has 0 radical (unpaired) electrons. The number of hydrogen-bond acceptors (Lipinski definition) is 3. The fraction of sp³-hybridized carbons (Fsp3) is 0. The summed E-state index contributed by atoms with van der Waals surface area (Å²) < 4.78 is 34.1. The molecule has 1 heterocycles. The van der Waals surface area contributed by atoms with Crippen LogP contribution in [0.4, 0.5) is 0 Å². The lowest BCUT2D eigenvalue weighted by Crippen LogP contribution is -2.03. The van der Waals surface area contributed by atoms with Gasteiger partial charge in [-0.3, -0.25) is 0 Å². The van der Waals surface area contributed by atoms with Gasteiger partial charge >= 0.3 is 0 Å². The SMILES string of the molecule is O=S(=O)(c1ccccc1)c1ccc(-c2cc3ccccc3c3c2oc2ccc4ccccc4c23)c2ccccc12. The second-order valence-electron chi connectivity index (χ2n) is 10.1. The van der Waals surface area contributed by atoms with Crippen LogP contribution in [0.1, 0.15) is 0 Å². The Morgan fingerprint density at radius 3 is 1.88 bits per heavy atom. The molecular weight excluding hydrogens is 512 g/mol. The molecule has 8 aromatic rings. The van der Waals surface area contributed by atoms with Gasteiger partial charge < -0.3 is 4.42 Å². The summed E-state index contributed by atoms with van der Waals surface area (Å²) in [5, 5.41) is 8.26. The molecule has 0 aliphatic heterocycles. The summed E-state index contributed by atoms with van der Waals surface area (Å²) in [5.41, 5.74) is 3.50. The Morgan fingerprint density at radius 2 is 1.10 bits per heavy atom. The van der Waals surface area contributed by atoms with E-state index < -0.39 is 9.84 Å². The van der Waals surface area contributed by atoms with Gasteiger partial charge in [-0.05, 0) is 62.8 Å². The first-order valence-corrected chi connectivity index (χ1v) is 14.7. The van der Waals surface area contributed by atoms with Gasteiger partial charge in [0.05, 0.1) is 9.79 Å². The summed E-state index contributed by atoms with van der Waals surface area (Å²) in [4.78, 5) is 0.579. The Hall–Kier alpha value is -4.93. The smallest absolute Gasteiger partial charge is 0.207 e. The summed E-state index contributed by atoms with van der Waals surface area (Å²) in [6.45, 7) is 0. The van der Waals surface area contributed by atoms with Crippen LogP contribution in [0.15, 0.2) is 148 Å². The zero-order valence-corrected chi connectivity index (χ0v) is 22.2. The van der Waals surface area contributed by atoms with Crippen molar-refractivity contribution in [3.05, 3.63) is 133 Å². The van der Waals surface area contributed by atoms with Crippen molar-refractivity contribution in [2.45, 2.75) is 9.79 Å². The van der Waals surface area contributed by atoms with Gasteiger partial charge in [0.2, 0.25) is 9.84 Å². The van der Waals surface area contributed by atoms with Gasteiger partial charge in [-0.1, -0.05) is 103 Å². The van der Waals surface area contributed by atoms with E-state index in [1.165, 1.54) is 0 Å². The van der Waals surface area contributed by atoms with E-state index in [0.717, 1.165) is 60.0 Å². The highest BCUT2D eigenvalue weighted by Gasteiger charge is 2.23. The molecule has 7 aromatic carbocycles. The second kappa shape index (κ2) is 8.54. The molecule has 8 rings (SSSR count). The second-order valence-corrected chi connectivity index (χ2v) is 12.0. The van der Waals surface area contributed by atoms with Crippen LogP contribution in [-0.2, 0) is 9.84 Å². The van der Waals surface area contributed by atoms with E-state index in [1.807, 2.05) is 48.5 Å². The first-order valence-electron chi connectivity index (χ1n) is 13.2. The molecule has 0 unspecified atom stereocenters. The third kappa shape index (κ3) is 3.26. The molecule has 0 bridgehead atoms. The van der Waals surface area contributed by atoms with Crippen LogP contribution < -0.4 is 0 Å². The van der Waals surface area contributed by atoms with Gasteiger partial charge in [-0.2, -0.15) is 0 Å². The third-order valence-corrected chi connectivity index (χ3v) is 9.70. The molecule has 0 saturated heterocycles. The largest absolute Gasteiger partial charge is 0.455 e. The van der Waals surface area contributed by atoms with Crippen molar-refractivity contribution in [2.24, 2.45) is 0 Å². The zero-order chi connectivity index (χ0) is 26.8. The molecule has 3 nitrogen and oxygen atoms in total. The molecule has 40 heavy (non-hydrogen) atoms. The lowest BCUT2D eigenvalue weighted by molar-refractivity contribution is 0.597. The summed E-state index contributed by atoms with van der Waals surface area (Å²) in [5.74, 6) is 0. The maximum absolute atomic E-state index is 13.7. The van der Waals surface area contributed by atoms with Gasteiger partial charge in [-0.15, -0.1) is 0 Å². The van der Waals surface area contributed by atoms with E-state index in [0.29, 0.717) is 10.3 Å². The molecule has 1 aromatic heterocycles. The molecular formula is C36H22O3S. The summed E-state index contributed by atoms with van der Waals surface area (Å²) in [6.07, 6.45) is 0. The topological polar surface area (TPSA) is 47.3 Å². The van der Waals surface area contributed by atoms with Crippen LogP contribution in [0.5, 0.6) is 0 Å². The molecule has 0 aliphatic rings. The maximum Gasteiger partial charge on any atom is 0.207 e. The number of sulfone groups is 1. The number of fused-ring (bicyclic) bond motifs is 8. The molecule has 190 valence electrons. The van der Waals surface area contributed by atoms with Crippen molar-refractivity contribution in [1.82, 2.24) is 0 Å². The minimum atomic E-state index is -3.71. The maximum atomic E-state index is 13.7. The lowest BCUT2D eigenvalue weighted by atomic mass is 9.92. The van der Waals surface area contributed by atoms with Crippen LogP contribution in [0.2, 0.25) is 0 Å². The van der Waals surface area contributed by atoms with E-state index >= 15 is 0 Å². The minimum absolute atomic E-state index is 0.283. The standard InChI is InChI=1S/C36H22O3S/c37-40(38,25-12-2-1-3-13-25)33-21-19-29(28-16-8-9-17-30(28)33)31-22-24-11-5-7-15-27(24)35-34-26-14-6-4-10-23(26)18-20-32(34)39-36(31)35/h1-22H. The molecule has 0 aliphatic carbocycles. The first kappa shape index (κ1) is 23.0. The van der Waals surface area contributed by atoms with E-state index in [1.54, 1.807) is 30.3 Å². The van der Waals surface area contributed by atoms with Crippen LogP contribution in [0.25, 0.3) is 65.4 Å². The Morgan fingerprint density at radius 1 is 0.475 bits per heavy atom. The monoisotopic (exact) mass is 534 g/mol. The van der Waals surface area contributed by atoms with Gasteiger partial charge in [0.15, 0.2) is 0 Å². The highest BCUT2D eigenvalue weighted by atomic mass is 32.2. The van der Waals surface area contributed by atoms with E-state index in [9.17, 15) is 8.42 Å². The lowest BCUT2D eigenvalue weighted by Gasteiger charge is -2.14. The van der Waals surface area contributed by atoms with Crippen LogP contribution >= 0.6 is 0 Å². The molecule has 0 amide bonds. The fourth-order valence-corrected chi connectivity index (χ4v) is 7.54.